The highest BCUT2D eigenvalue weighted by Crippen LogP contribution is 2.23. The number of methoxy groups -OCH3 is 1. The first-order valence-corrected chi connectivity index (χ1v) is 15.4. The van der Waals surface area contributed by atoms with Crippen molar-refractivity contribution in [1.29, 1.82) is 0 Å². The molecule has 2 amide bonds. The molecule has 222 valence electrons. The van der Waals surface area contributed by atoms with E-state index in [0.717, 1.165) is 17.0 Å². The number of ether oxygens (including phenoxy) is 1. The number of alkyl halides is 1. The summed E-state index contributed by atoms with van der Waals surface area (Å²) in [5, 5.41) is 12.8. The minimum absolute atomic E-state index is 0.0327. The average molecular weight is 596 g/mol. The number of hydrogen-bond donors (Lipinski definition) is 2. The number of rotatable bonds is 15. The number of benzene rings is 2. The lowest BCUT2D eigenvalue weighted by Crippen LogP contribution is -2.59. The van der Waals surface area contributed by atoms with Gasteiger partial charge in [-0.1, -0.05) is 64.4 Å². The van der Waals surface area contributed by atoms with Crippen LogP contribution in [-0.4, -0.2) is 72.9 Å². The summed E-state index contributed by atoms with van der Waals surface area (Å²) in [6.07, 6.45) is -0.285. The van der Waals surface area contributed by atoms with Crippen LogP contribution in [0.4, 0.5) is 0 Å². The van der Waals surface area contributed by atoms with E-state index in [2.05, 4.69) is 5.43 Å². The zero-order valence-electron chi connectivity index (χ0n) is 23.9. The number of amides is 2. The van der Waals surface area contributed by atoms with Crippen LogP contribution < -0.4 is 10.2 Å². The highest BCUT2D eigenvalue weighted by molar-refractivity contribution is 7.89. The molecule has 2 aromatic rings. The molecule has 0 aliphatic rings. The molecule has 2 N–H and O–H groups in total. The van der Waals surface area contributed by atoms with Gasteiger partial charge in [0.15, 0.2) is 0 Å². The summed E-state index contributed by atoms with van der Waals surface area (Å²) in [6.45, 7) is 7.49. The van der Waals surface area contributed by atoms with E-state index >= 15 is 0 Å². The standard InChI is InChI=1S/C29H42ClN3O6S/c1-6-22(4)16-29(36)33(31-28(35)18-30)26(17-23-10-8-7-9-11-23)27(34)20-32(19-21(2)3)40(37,38)25-14-12-24(39-5)13-15-25/h7-15,21-22,26-27,34H,6,16-20H2,1-5H3,(H,31,35)/t22-,26?,27+/m0/s1. The molecule has 2 rings (SSSR count). The van der Waals surface area contributed by atoms with Crippen molar-refractivity contribution < 1.29 is 27.9 Å². The first-order valence-electron chi connectivity index (χ1n) is 13.5. The molecule has 0 aliphatic heterocycles. The Kier molecular flexibility index (Phi) is 13.4. The average Bonchev–Trinajstić information content (AvgIpc) is 2.94. The second-order valence-electron chi connectivity index (χ2n) is 10.4. The lowest BCUT2D eigenvalue weighted by atomic mass is 9.98. The number of nitrogens with one attached hydrogen (secondary N) is 1. The van der Waals surface area contributed by atoms with E-state index < -0.39 is 28.1 Å². The maximum atomic E-state index is 13.7. The van der Waals surface area contributed by atoms with Crippen molar-refractivity contribution in [3.05, 3.63) is 60.2 Å². The van der Waals surface area contributed by atoms with E-state index in [9.17, 15) is 23.1 Å². The van der Waals surface area contributed by atoms with Gasteiger partial charge >= 0.3 is 0 Å². The van der Waals surface area contributed by atoms with Crippen molar-refractivity contribution in [3.8, 4) is 5.75 Å². The molecule has 3 atom stereocenters. The molecule has 40 heavy (non-hydrogen) atoms. The fourth-order valence-electron chi connectivity index (χ4n) is 4.20. The molecule has 0 saturated carbocycles. The maximum absolute atomic E-state index is 13.7. The van der Waals surface area contributed by atoms with Gasteiger partial charge in [0, 0.05) is 19.5 Å². The molecule has 11 heteroatoms. The normalized spacial score (nSPS) is 14.0. The van der Waals surface area contributed by atoms with E-state index in [1.165, 1.54) is 23.5 Å². The maximum Gasteiger partial charge on any atom is 0.253 e. The van der Waals surface area contributed by atoms with Gasteiger partial charge in [-0.15, -0.1) is 11.6 Å². The monoisotopic (exact) mass is 595 g/mol. The van der Waals surface area contributed by atoms with Crippen LogP contribution in [0.25, 0.3) is 0 Å². The number of aliphatic hydroxyl groups excluding tert-OH is 1. The fourth-order valence-corrected chi connectivity index (χ4v) is 5.88. The molecule has 0 radical (unpaired) electrons. The predicted octanol–water partition coefficient (Wildman–Crippen LogP) is 3.85. The Morgan fingerprint density at radius 2 is 1.65 bits per heavy atom. The zero-order chi connectivity index (χ0) is 29.9. The number of halogens is 1. The van der Waals surface area contributed by atoms with E-state index in [1.807, 2.05) is 58.0 Å². The zero-order valence-corrected chi connectivity index (χ0v) is 25.5. The minimum Gasteiger partial charge on any atom is -0.497 e. The molecular weight excluding hydrogens is 554 g/mol. The molecule has 0 fully saturated rings. The lowest BCUT2D eigenvalue weighted by molar-refractivity contribution is -0.147. The van der Waals surface area contributed by atoms with E-state index in [4.69, 9.17) is 16.3 Å². The Hall–Kier alpha value is -2.66. The summed E-state index contributed by atoms with van der Waals surface area (Å²) in [7, 11) is -2.52. The van der Waals surface area contributed by atoms with Gasteiger partial charge in [0.25, 0.3) is 5.91 Å². The van der Waals surface area contributed by atoms with E-state index in [0.29, 0.717) is 5.75 Å². The number of carbonyl (C=O) groups excluding carboxylic acids is 2. The molecule has 0 heterocycles. The van der Waals surface area contributed by atoms with Crippen molar-refractivity contribution in [3.63, 3.8) is 0 Å². The number of hydrazine groups is 1. The van der Waals surface area contributed by atoms with Crippen molar-refractivity contribution in [1.82, 2.24) is 14.7 Å². The van der Waals surface area contributed by atoms with Gasteiger partial charge < -0.3 is 9.84 Å². The number of hydrogen-bond acceptors (Lipinski definition) is 6. The van der Waals surface area contributed by atoms with Gasteiger partial charge in [-0.2, -0.15) is 4.31 Å². The van der Waals surface area contributed by atoms with Gasteiger partial charge in [0.2, 0.25) is 15.9 Å². The van der Waals surface area contributed by atoms with Crippen LogP contribution in [0.2, 0.25) is 0 Å². The topological polar surface area (TPSA) is 116 Å². The number of aliphatic hydroxyl groups is 1. The number of sulfonamides is 1. The summed E-state index contributed by atoms with van der Waals surface area (Å²) < 4.78 is 33.8. The van der Waals surface area contributed by atoms with E-state index in [1.54, 1.807) is 12.1 Å². The smallest absolute Gasteiger partial charge is 0.253 e. The predicted molar refractivity (Wildman–Crippen MR) is 156 cm³/mol. The summed E-state index contributed by atoms with van der Waals surface area (Å²) in [4.78, 5) is 25.9. The summed E-state index contributed by atoms with van der Waals surface area (Å²) >= 11 is 5.76. The highest BCUT2D eigenvalue weighted by Gasteiger charge is 2.36. The van der Waals surface area contributed by atoms with Gasteiger partial charge in [-0.05, 0) is 48.1 Å². The molecular formula is C29H42ClN3O6S. The van der Waals surface area contributed by atoms with Crippen LogP contribution in [0.15, 0.2) is 59.5 Å². The van der Waals surface area contributed by atoms with Crippen molar-refractivity contribution >= 4 is 33.4 Å². The first-order chi connectivity index (χ1) is 18.9. The number of carbonyl (C=O) groups is 2. The molecule has 2 aromatic carbocycles. The Morgan fingerprint density at radius 1 is 1.02 bits per heavy atom. The first kappa shape index (κ1) is 33.5. The summed E-state index contributed by atoms with van der Waals surface area (Å²) in [6, 6.07) is 14.3. The lowest BCUT2D eigenvalue weighted by Gasteiger charge is -2.37. The van der Waals surface area contributed by atoms with Crippen molar-refractivity contribution in [2.24, 2.45) is 11.8 Å². The Labute approximate surface area is 243 Å². The van der Waals surface area contributed by atoms with Crippen LogP contribution in [0.1, 0.15) is 46.1 Å². The third-order valence-electron chi connectivity index (χ3n) is 6.58. The Morgan fingerprint density at radius 3 is 2.17 bits per heavy atom. The molecule has 0 spiro atoms. The molecule has 0 saturated heterocycles. The third kappa shape index (κ3) is 9.76. The molecule has 0 aromatic heterocycles. The fraction of sp³-hybridized carbons (Fsp3) is 0.517. The van der Waals surface area contributed by atoms with Crippen molar-refractivity contribution in [2.45, 2.75) is 64.0 Å². The molecule has 0 aliphatic carbocycles. The molecule has 1 unspecified atom stereocenters. The van der Waals surface area contributed by atoms with Gasteiger partial charge in [0.05, 0.1) is 24.2 Å². The van der Waals surface area contributed by atoms with Crippen molar-refractivity contribution in [2.75, 3.05) is 26.1 Å². The van der Waals surface area contributed by atoms with Gasteiger partial charge in [0.1, 0.15) is 11.6 Å². The second-order valence-corrected chi connectivity index (χ2v) is 12.6. The van der Waals surface area contributed by atoms with Crippen LogP contribution in [-0.2, 0) is 26.0 Å². The van der Waals surface area contributed by atoms with Gasteiger partial charge in [-0.3, -0.25) is 15.0 Å². The van der Waals surface area contributed by atoms with Crippen LogP contribution >= 0.6 is 11.6 Å². The van der Waals surface area contributed by atoms with E-state index in [-0.39, 0.29) is 54.4 Å². The SMILES string of the molecule is CC[C@H](C)CC(=O)N(NC(=O)CCl)C(Cc1ccccc1)[C@H](O)CN(CC(C)C)S(=O)(=O)c1ccc(OC)cc1. The Bertz CT molecular complexity index is 1180. The van der Waals surface area contributed by atoms with Crippen LogP contribution in [0.5, 0.6) is 5.75 Å². The second kappa shape index (κ2) is 16.0. The van der Waals surface area contributed by atoms with Crippen LogP contribution in [0, 0.1) is 11.8 Å². The highest BCUT2D eigenvalue weighted by atomic mass is 35.5. The Balaban J connectivity index is 2.51. The summed E-state index contributed by atoms with van der Waals surface area (Å²) in [5.41, 5.74) is 3.37. The molecule has 0 bridgehead atoms. The number of nitrogens with zero attached hydrogens (tertiary/aromatic N) is 2. The molecule has 9 nitrogen and oxygen atoms in total. The largest absolute Gasteiger partial charge is 0.497 e. The summed E-state index contributed by atoms with van der Waals surface area (Å²) in [5.74, 6) is -0.873. The quantitative estimate of drug-likeness (QED) is 0.239. The minimum atomic E-state index is -4.01. The van der Waals surface area contributed by atoms with Crippen LogP contribution in [0.3, 0.4) is 0 Å². The van der Waals surface area contributed by atoms with Gasteiger partial charge in [-0.25, -0.2) is 13.4 Å². The third-order valence-corrected chi connectivity index (χ3v) is 8.66.